The average molecular weight is 308 g/mol. The van der Waals surface area contributed by atoms with Gasteiger partial charge >= 0.3 is 0 Å². The molecule has 1 N–H and O–H groups in total. The molecule has 2 nitrogen and oxygen atoms in total. The van der Waals surface area contributed by atoms with Crippen LogP contribution in [0.2, 0.25) is 0 Å². The second kappa shape index (κ2) is 6.76. The molecule has 1 aromatic heterocycles. The Morgan fingerprint density at radius 1 is 1.22 bits per heavy atom. The van der Waals surface area contributed by atoms with Crippen LogP contribution >= 0.6 is 15.9 Å². The first-order valence-corrected chi connectivity index (χ1v) is 7.10. The Balaban J connectivity index is 2.01. The molecule has 1 unspecified atom stereocenters. The Hall–Kier alpha value is -1.06. The van der Waals surface area contributed by atoms with Crippen molar-refractivity contribution in [3.63, 3.8) is 0 Å². The van der Waals surface area contributed by atoms with Crippen molar-refractivity contribution in [2.45, 2.75) is 25.8 Å². The number of nitrogens with one attached hydrogen (secondary N) is 1. The molecule has 2 rings (SSSR count). The molecule has 0 fully saturated rings. The van der Waals surface area contributed by atoms with Crippen LogP contribution in [0.3, 0.4) is 0 Å². The number of rotatable bonds is 6. The molecular formula is C15H18BrNO. The van der Waals surface area contributed by atoms with Gasteiger partial charge in [-0.1, -0.05) is 37.3 Å². The summed E-state index contributed by atoms with van der Waals surface area (Å²) in [5, 5.41) is 3.47. The lowest BCUT2D eigenvalue weighted by Crippen LogP contribution is -2.21. The van der Waals surface area contributed by atoms with Gasteiger partial charge in [0, 0.05) is 0 Å². The summed E-state index contributed by atoms with van der Waals surface area (Å²) in [4.78, 5) is 0. The van der Waals surface area contributed by atoms with E-state index in [9.17, 15) is 0 Å². The molecule has 0 spiro atoms. The van der Waals surface area contributed by atoms with E-state index in [1.807, 2.05) is 12.1 Å². The maximum Gasteiger partial charge on any atom is 0.134 e. The number of benzene rings is 1. The smallest absolute Gasteiger partial charge is 0.134 e. The van der Waals surface area contributed by atoms with Crippen LogP contribution in [0, 0.1) is 0 Å². The molecule has 1 aromatic carbocycles. The highest BCUT2D eigenvalue weighted by Gasteiger charge is 2.16. The van der Waals surface area contributed by atoms with Crippen LogP contribution < -0.4 is 5.32 Å². The molecule has 0 aliphatic rings. The topological polar surface area (TPSA) is 25.2 Å². The molecule has 1 atom stereocenters. The van der Waals surface area contributed by atoms with Crippen LogP contribution in [0.15, 0.2) is 51.6 Å². The van der Waals surface area contributed by atoms with Crippen LogP contribution in [0.1, 0.15) is 30.7 Å². The van der Waals surface area contributed by atoms with Gasteiger partial charge in [-0.2, -0.15) is 0 Å². The van der Waals surface area contributed by atoms with E-state index in [4.69, 9.17) is 4.42 Å². The van der Waals surface area contributed by atoms with E-state index in [-0.39, 0.29) is 6.04 Å². The van der Waals surface area contributed by atoms with Gasteiger partial charge in [0.05, 0.1) is 16.8 Å². The van der Waals surface area contributed by atoms with Crippen molar-refractivity contribution in [1.29, 1.82) is 0 Å². The highest BCUT2D eigenvalue weighted by molar-refractivity contribution is 9.10. The molecule has 2 aromatic rings. The van der Waals surface area contributed by atoms with E-state index >= 15 is 0 Å². The molecule has 0 amide bonds. The lowest BCUT2D eigenvalue weighted by Gasteiger charge is -2.16. The Kier molecular flexibility index (Phi) is 5.02. The van der Waals surface area contributed by atoms with Crippen molar-refractivity contribution in [3.05, 3.63) is 58.5 Å². The van der Waals surface area contributed by atoms with Gasteiger partial charge in [0.15, 0.2) is 0 Å². The lowest BCUT2D eigenvalue weighted by molar-refractivity contribution is 0.399. The first kappa shape index (κ1) is 13.4. The molecule has 18 heavy (non-hydrogen) atoms. The Morgan fingerprint density at radius 3 is 2.61 bits per heavy atom. The van der Waals surface area contributed by atoms with Gasteiger partial charge in [-0.25, -0.2) is 0 Å². The van der Waals surface area contributed by atoms with Crippen molar-refractivity contribution in [2.75, 3.05) is 6.54 Å². The first-order valence-electron chi connectivity index (χ1n) is 6.31. The normalized spacial score (nSPS) is 12.6. The van der Waals surface area contributed by atoms with Gasteiger partial charge in [0.1, 0.15) is 5.76 Å². The summed E-state index contributed by atoms with van der Waals surface area (Å²) in [6.45, 7) is 3.05. The number of furan rings is 1. The molecule has 3 heteroatoms. The maximum absolute atomic E-state index is 5.56. The quantitative estimate of drug-likeness (QED) is 0.859. The Bertz CT molecular complexity index is 466. The molecule has 0 saturated carbocycles. The zero-order valence-electron chi connectivity index (χ0n) is 10.5. The van der Waals surface area contributed by atoms with Crippen molar-refractivity contribution in [2.24, 2.45) is 0 Å². The van der Waals surface area contributed by atoms with E-state index < -0.39 is 0 Å². The van der Waals surface area contributed by atoms with Gasteiger partial charge in [0.2, 0.25) is 0 Å². The van der Waals surface area contributed by atoms with Gasteiger partial charge in [-0.3, -0.25) is 0 Å². The van der Waals surface area contributed by atoms with Gasteiger partial charge < -0.3 is 9.73 Å². The minimum Gasteiger partial charge on any atom is -0.466 e. The minimum absolute atomic E-state index is 0.264. The number of hydrogen-bond acceptors (Lipinski definition) is 2. The maximum atomic E-state index is 5.56. The van der Waals surface area contributed by atoms with E-state index in [1.54, 1.807) is 6.26 Å². The van der Waals surface area contributed by atoms with Crippen molar-refractivity contribution in [1.82, 2.24) is 5.32 Å². The van der Waals surface area contributed by atoms with Crippen molar-refractivity contribution < 1.29 is 4.42 Å². The fraction of sp³-hybridized carbons (Fsp3) is 0.333. The standard InChI is InChI=1S/C15H18BrNO/c1-2-17-14(15-13(16)10-11-18-15)9-8-12-6-4-3-5-7-12/h3-7,10-11,14,17H,2,8-9H2,1H3. The molecule has 0 radical (unpaired) electrons. The van der Waals surface area contributed by atoms with Gasteiger partial charge in [0.25, 0.3) is 0 Å². The molecule has 0 bridgehead atoms. The van der Waals surface area contributed by atoms with Crippen LogP contribution in [0.4, 0.5) is 0 Å². The van der Waals surface area contributed by atoms with Crippen LogP contribution in [-0.2, 0) is 6.42 Å². The summed E-state index contributed by atoms with van der Waals surface area (Å²) in [6.07, 6.45) is 3.81. The zero-order chi connectivity index (χ0) is 12.8. The zero-order valence-corrected chi connectivity index (χ0v) is 12.1. The monoisotopic (exact) mass is 307 g/mol. The highest BCUT2D eigenvalue weighted by Crippen LogP contribution is 2.27. The second-order valence-corrected chi connectivity index (χ2v) is 5.12. The molecular weight excluding hydrogens is 290 g/mol. The fourth-order valence-electron chi connectivity index (χ4n) is 2.08. The predicted molar refractivity (Wildman–Crippen MR) is 77.6 cm³/mol. The first-order chi connectivity index (χ1) is 8.81. The molecule has 0 aliphatic heterocycles. The molecule has 96 valence electrons. The Labute approximate surface area is 117 Å². The van der Waals surface area contributed by atoms with Crippen LogP contribution in [-0.4, -0.2) is 6.54 Å². The SMILES string of the molecule is CCNC(CCc1ccccc1)c1occc1Br. The van der Waals surface area contributed by atoms with Crippen molar-refractivity contribution in [3.8, 4) is 0 Å². The van der Waals surface area contributed by atoms with Crippen LogP contribution in [0.5, 0.6) is 0 Å². The lowest BCUT2D eigenvalue weighted by atomic mass is 10.0. The summed E-state index contributed by atoms with van der Waals surface area (Å²) < 4.78 is 6.60. The average Bonchev–Trinajstić information content (AvgIpc) is 2.82. The molecule has 0 aliphatic carbocycles. The summed E-state index contributed by atoms with van der Waals surface area (Å²) in [6, 6.07) is 12.8. The molecule has 1 heterocycles. The summed E-state index contributed by atoms with van der Waals surface area (Å²) >= 11 is 3.53. The number of aryl methyl sites for hydroxylation is 1. The molecule has 0 saturated heterocycles. The van der Waals surface area contributed by atoms with Gasteiger partial charge in [-0.15, -0.1) is 0 Å². The van der Waals surface area contributed by atoms with Gasteiger partial charge in [-0.05, 0) is 46.9 Å². The minimum atomic E-state index is 0.264. The predicted octanol–water partition coefficient (Wildman–Crippen LogP) is 4.33. The third-order valence-corrected chi connectivity index (χ3v) is 3.63. The van der Waals surface area contributed by atoms with E-state index in [2.05, 4.69) is 52.4 Å². The highest BCUT2D eigenvalue weighted by atomic mass is 79.9. The largest absolute Gasteiger partial charge is 0.466 e. The van der Waals surface area contributed by atoms with E-state index in [0.717, 1.165) is 29.6 Å². The number of hydrogen-bond donors (Lipinski definition) is 1. The third-order valence-electron chi connectivity index (χ3n) is 2.98. The summed E-state index contributed by atoms with van der Waals surface area (Å²) in [5.41, 5.74) is 1.36. The second-order valence-electron chi connectivity index (χ2n) is 4.27. The van der Waals surface area contributed by atoms with Crippen LogP contribution in [0.25, 0.3) is 0 Å². The van der Waals surface area contributed by atoms with Crippen molar-refractivity contribution >= 4 is 15.9 Å². The van der Waals surface area contributed by atoms with E-state index in [1.165, 1.54) is 5.56 Å². The van der Waals surface area contributed by atoms with E-state index in [0.29, 0.717) is 0 Å². The third kappa shape index (κ3) is 3.47. The summed E-state index contributed by atoms with van der Waals surface area (Å²) in [7, 11) is 0. The fourth-order valence-corrected chi connectivity index (χ4v) is 2.56. The summed E-state index contributed by atoms with van der Waals surface area (Å²) in [5.74, 6) is 0.993. The number of halogens is 1. The Morgan fingerprint density at radius 2 is 2.00 bits per heavy atom.